The predicted molar refractivity (Wildman–Crippen MR) is 102 cm³/mol. The van der Waals surface area contributed by atoms with Crippen molar-refractivity contribution in [1.29, 1.82) is 0 Å². The molecule has 27 heavy (non-hydrogen) atoms. The van der Waals surface area contributed by atoms with Crippen LogP contribution >= 0.6 is 0 Å². The number of hydrogen-bond acceptors (Lipinski definition) is 6. The summed E-state index contributed by atoms with van der Waals surface area (Å²) in [6.07, 6.45) is 6.21. The van der Waals surface area contributed by atoms with Gasteiger partial charge in [0.05, 0.1) is 30.1 Å². The number of rotatable bonds is 5. The number of pyridine rings is 2. The van der Waals surface area contributed by atoms with Gasteiger partial charge >= 0.3 is 0 Å². The smallest absolute Gasteiger partial charge is 0.141 e. The Morgan fingerprint density at radius 3 is 2.96 bits per heavy atom. The lowest BCUT2D eigenvalue weighted by Gasteiger charge is -2.29. The predicted octanol–water partition coefficient (Wildman–Crippen LogP) is 1.86. The van der Waals surface area contributed by atoms with E-state index in [2.05, 4.69) is 22.0 Å². The Morgan fingerprint density at radius 1 is 1.30 bits per heavy atom. The molecular weight excluding hydrogens is 342 g/mol. The van der Waals surface area contributed by atoms with Gasteiger partial charge in [0, 0.05) is 62.0 Å². The minimum atomic E-state index is -0.0213. The Kier molecular flexibility index (Phi) is 4.96. The summed E-state index contributed by atoms with van der Waals surface area (Å²) >= 11 is 0. The van der Waals surface area contributed by atoms with Crippen molar-refractivity contribution in [2.45, 2.75) is 18.9 Å². The van der Waals surface area contributed by atoms with Gasteiger partial charge in [-0.2, -0.15) is 5.10 Å². The van der Waals surface area contributed by atoms with E-state index in [1.54, 1.807) is 17.1 Å². The fraction of sp³-hybridized carbons (Fsp3) is 0.400. The van der Waals surface area contributed by atoms with E-state index in [9.17, 15) is 4.79 Å². The maximum atomic E-state index is 12.4. The monoisotopic (exact) mass is 365 g/mol. The second-order valence-electron chi connectivity index (χ2n) is 7.14. The van der Waals surface area contributed by atoms with Gasteiger partial charge in [-0.05, 0) is 25.2 Å². The lowest BCUT2D eigenvalue weighted by Crippen LogP contribution is -2.41. The van der Waals surface area contributed by atoms with E-state index in [0.29, 0.717) is 19.4 Å². The van der Waals surface area contributed by atoms with Crippen molar-refractivity contribution in [3.63, 3.8) is 0 Å². The molecule has 0 amide bonds. The number of carbonyl (C=O) groups excluding carboxylic acids is 1. The van der Waals surface area contributed by atoms with Gasteiger partial charge < -0.3 is 9.64 Å². The van der Waals surface area contributed by atoms with Crippen molar-refractivity contribution in [2.75, 3.05) is 26.7 Å². The SMILES string of the molecule is CN1CCOC(CC(=O)Cc2cc3nc(-c4cnn(C)c4)ccc3cn2)C1. The van der Waals surface area contributed by atoms with E-state index in [1.165, 1.54) is 0 Å². The first-order chi connectivity index (χ1) is 13.1. The van der Waals surface area contributed by atoms with Gasteiger partial charge in [0.1, 0.15) is 5.78 Å². The summed E-state index contributed by atoms with van der Waals surface area (Å²) < 4.78 is 7.44. The zero-order valence-electron chi connectivity index (χ0n) is 15.6. The minimum Gasteiger partial charge on any atom is -0.375 e. The number of Topliss-reactive ketones (excluding diaryl/α,β-unsaturated/α-hetero) is 1. The summed E-state index contributed by atoms with van der Waals surface area (Å²) in [7, 11) is 3.93. The Morgan fingerprint density at radius 2 is 2.19 bits per heavy atom. The number of morpholine rings is 1. The van der Waals surface area contributed by atoms with Gasteiger partial charge in [-0.15, -0.1) is 0 Å². The van der Waals surface area contributed by atoms with Crippen LogP contribution in [0.15, 0.2) is 36.8 Å². The van der Waals surface area contributed by atoms with Crippen LogP contribution in [0.4, 0.5) is 0 Å². The fourth-order valence-corrected chi connectivity index (χ4v) is 3.39. The number of likely N-dealkylation sites (N-methyl/N-ethyl adjacent to an activating group) is 1. The summed E-state index contributed by atoms with van der Waals surface area (Å²) in [6, 6.07) is 5.86. The number of hydrogen-bond donors (Lipinski definition) is 0. The van der Waals surface area contributed by atoms with E-state index in [1.807, 2.05) is 31.4 Å². The molecular formula is C20H23N5O2. The molecule has 0 bridgehead atoms. The van der Waals surface area contributed by atoms with Crippen molar-refractivity contribution in [2.24, 2.45) is 7.05 Å². The maximum absolute atomic E-state index is 12.4. The number of ketones is 1. The highest BCUT2D eigenvalue weighted by Gasteiger charge is 2.21. The molecule has 7 nitrogen and oxygen atoms in total. The van der Waals surface area contributed by atoms with Crippen LogP contribution in [0.1, 0.15) is 12.1 Å². The van der Waals surface area contributed by atoms with Crippen molar-refractivity contribution < 1.29 is 9.53 Å². The normalized spacial score (nSPS) is 18.1. The number of ether oxygens (including phenoxy) is 1. The largest absolute Gasteiger partial charge is 0.375 e. The highest BCUT2D eigenvalue weighted by molar-refractivity contribution is 5.84. The maximum Gasteiger partial charge on any atom is 0.141 e. The van der Waals surface area contributed by atoms with Crippen LogP contribution in [0.2, 0.25) is 0 Å². The first-order valence-corrected chi connectivity index (χ1v) is 9.13. The van der Waals surface area contributed by atoms with Gasteiger partial charge in [-0.25, -0.2) is 4.98 Å². The van der Waals surface area contributed by atoms with Crippen LogP contribution in [0.5, 0.6) is 0 Å². The standard InChI is InChI=1S/C20H23N5O2/c1-24-5-6-27-18(13-24)9-17(26)7-16-8-20-14(10-21-16)3-4-19(23-20)15-11-22-25(2)12-15/h3-4,8,10-12,18H,5-7,9,13H2,1-2H3. The summed E-state index contributed by atoms with van der Waals surface area (Å²) in [6.45, 7) is 2.40. The molecule has 1 aliphatic heterocycles. The molecule has 0 N–H and O–H groups in total. The Labute approximate surface area is 158 Å². The highest BCUT2D eigenvalue weighted by atomic mass is 16.5. The molecule has 3 aromatic heterocycles. The molecule has 1 aliphatic rings. The van der Waals surface area contributed by atoms with Crippen LogP contribution in [-0.2, 0) is 23.0 Å². The third-order valence-corrected chi connectivity index (χ3v) is 4.81. The molecule has 0 radical (unpaired) electrons. The molecule has 3 aromatic rings. The van der Waals surface area contributed by atoms with Crippen LogP contribution in [0.25, 0.3) is 22.2 Å². The molecule has 7 heteroatoms. The number of nitrogens with zero attached hydrogens (tertiary/aromatic N) is 5. The van der Waals surface area contributed by atoms with E-state index < -0.39 is 0 Å². The molecule has 0 aliphatic carbocycles. The molecule has 140 valence electrons. The van der Waals surface area contributed by atoms with Gasteiger partial charge in [0.25, 0.3) is 0 Å². The van der Waals surface area contributed by atoms with E-state index in [0.717, 1.165) is 40.9 Å². The van der Waals surface area contributed by atoms with E-state index in [-0.39, 0.29) is 11.9 Å². The zero-order valence-corrected chi connectivity index (χ0v) is 15.6. The third-order valence-electron chi connectivity index (χ3n) is 4.81. The molecule has 0 saturated carbocycles. The number of aryl methyl sites for hydroxylation is 1. The van der Waals surface area contributed by atoms with Crippen molar-refractivity contribution in [3.8, 4) is 11.3 Å². The summed E-state index contributed by atoms with van der Waals surface area (Å²) in [5, 5.41) is 5.15. The van der Waals surface area contributed by atoms with Crippen LogP contribution in [0, 0.1) is 0 Å². The number of aromatic nitrogens is 4. The molecule has 1 fully saturated rings. The molecule has 4 heterocycles. The molecule has 1 unspecified atom stereocenters. The van der Waals surface area contributed by atoms with Crippen LogP contribution in [-0.4, -0.2) is 63.3 Å². The lowest BCUT2D eigenvalue weighted by molar-refractivity contribution is -0.123. The topological polar surface area (TPSA) is 73.1 Å². The second-order valence-corrected chi connectivity index (χ2v) is 7.14. The number of carbonyl (C=O) groups is 1. The van der Waals surface area contributed by atoms with Crippen molar-refractivity contribution in [3.05, 3.63) is 42.5 Å². The zero-order chi connectivity index (χ0) is 18.8. The van der Waals surface area contributed by atoms with E-state index in [4.69, 9.17) is 9.72 Å². The van der Waals surface area contributed by atoms with Gasteiger partial charge in [-0.3, -0.25) is 14.5 Å². The van der Waals surface area contributed by atoms with Gasteiger partial charge in [0.15, 0.2) is 0 Å². The summed E-state index contributed by atoms with van der Waals surface area (Å²) in [4.78, 5) is 23.8. The molecule has 1 atom stereocenters. The average molecular weight is 365 g/mol. The Balaban J connectivity index is 1.49. The quantitative estimate of drug-likeness (QED) is 0.687. The fourth-order valence-electron chi connectivity index (χ4n) is 3.39. The van der Waals surface area contributed by atoms with Gasteiger partial charge in [0.2, 0.25) is 0 Å². The average Bonchev–Trinajstić information content (AvgIpc) is 3.07. The molecule has 0 spiro atoms. The van der Waals surface area contributed by atoms with Crippen molar-refractivity contribution in [1.82, 2.24) is 24.6 Å². The molecule has 4 rings (SSSR count). The van der Waals surface area contributed by atoms with Crippen LogP contribution in [0.3, 0.4) is 0 Å². The number of fused-ring (bicyclic) bond motifs is 1. The Bertz CT molecular complexity index is 968. The molecule has 0 aromatic carbocycles. The second kappa shape index (κ2) is 7.54. The molecule has 1 saturated heterocycles. The summed E-state index contributed by atoms with van der Waals surface area (Å²) in [5.74, 6) is 0.144. The third kappa shape index (κ3) is 4.20. The minimum absolute atomic E-state index is 0.0213. The van der Waals surface area contributed by atoms with Gasteiger partial charge in [-0.1, -0.05) is 0 Å². The van der Waals surface area contributed by atoms with Crippen molar-refractivity contribution >= 4 is 16.7 Å². The van der Waals surface area contributed by atoms with Crippen LogP contribution < -0.4 is 0 Å². The highest BCUT2D eigenvalue weighted by Crippen LogP contribution is 2.21. The first kappa shape index (κ1) is 17.8. The summed E-state index contributed by atoms with van der Waals surface area (Å²) in [5.41, 5.74) is 3.40. The Hall–Kier alpha value is -2.64. The first-order valence-electron chi connectivity index (χ1n) is 9.13. The van der Waals surface area contributed by atoms with E-state index >= 15 is 0 Å². The lowest BCUT2D eigenvalue weighted by atomic mass is 10.1.